The Morgan fingerprint density at radius 1 is 1.16 bits per heavy atom. The molecule has 0 spiro atoms. The van der Waals surface area contributed by atoms with E-state index in [1.807, 2.05) is 62.4 Å². The number of para-hydroxylation sites is 1. The quantitative estimate of drug-likeness (QED) is 0.320. The lowest BCUT2D eigenvalue weighted by Gasteiger charge is -2.12. The van der Waals surface area contributed by atoms with Crippen molar-refractivity contribution in [3.05, 3.63) is 75.9 Å². The van der Waals surface area contributed by atoms with E-state index in [1.165, 1.54) is 23.1 Å². The molecule has 0 aliphatic rings. The third kappa shape index (κ3) is 4.81. The number of ether oxygens (including phenoxy) is 1. The number of amides is 1. The van der Waals surface area contributed by atoms with Gasteiger partial charge < -0.3 is 10.1 Å². The van der Waals surface area contributed by atoms with E-state index in [0.29, 0.717) is 27.7 Å². The summed E-state index contributed by atoms with van der Waals surface area (Å²) < 4.78 is 6.99. The number of fused-ring (bicyclic) bond motifs is 1. The molecule has 4 rings (SSSR count). The maximum Gasteiger partial charge on any atom is 0.267 e. The third-order valence-corrected chi connectivity index (χ3v) is 6.34. The summed E-state index contributed by atoms with van der Waals surface area (Å²) in [5.41, 5.74) is 1.28. The number of nitrogens with zero attached hydrogens (tertiary/aromatic N) is 2. The fraction of sp³-hybridized carbons (Fsp3) is 0.174. The normalized spacial score (nSPS) is 10.9. The number of thiophene rings is 1. The zero-order valence-electron chi connectivity index (χ0n) is 17.1. The number of nitrogens with one attached hydrogen (secondary N) is 1. The largest absolute Gasteiger partial charge is 0.494 e. The molecule has 1 amide bonds. The highest BCUT2D eigenvalue weighted by molar-refractivity contribution is 7.99. The Balaban J connectivity index is 1.57. The minimum atomic E-state index is -0.175. The van der Waals surface area contributed by atoms with Gasteiger partial charge in [0.2, 0.25) is 5.91 Å². The number of aryl methyl sites for hydroxylation is 1. The standard InChI is InChI=1S/C23H21N3O3S2/c1-3-29-18-11-9-16(10-12-18)24-20(27)14-30-23-25-21-19(13-15(2)31-21)22(28)26(23)17-7-5-4-6-8-17/h4-13H,3,14H2,1-2H3,(H,24,27). The predicted molar refractivity (Wildman–Crippen MR) is 127 cm³/mol. The Hall–Kier alpha value is -3.10. The summed E-state index contributed by atoms with van der Waals surface area (Å²) in [4.78, 5) is 32.1. The van der Waals surface area contributed by atoms with Crippen LogP contribution in [-0.2, 0) is 4.79 Å². The van der Waals surface area contributed by atoms with Gasteiger partial charge in [-0.05, 0) is 56.3 Å². The zero-order valence-corrected chi connectivity index (χ0v) is 18.8. The molecule has 31 heavy (non-hydrogen) atoms. The van der Waals surface area contributed by atoms with Gasteiger partial charge in [-0.3, -0.25) is 14.2 Å². The number of aromatic nitrogens is 2. The van der Waals surface area contributed by atoms with Gasteiger partial charge >= 0.3 is 0 Å². The second-order valence-electron chi connectivity index (χ2n) is 6.74. The van der Waals surface area contributed by atoms with Crippen LogP contribution in [0.1, 0.15) is 11.8 Å². The van der Waals surface area contributed by atoms with Crippen LogP contribution in [0.2, 0.25) is 0 Å². The molecule has 0 saturated heterocycles. The van der Waals surface area contributed by atoms with E-state index in [2.05, 4.69) is 5.32 Å². The number of benzene rings is 2. The average molecular weight is 452 g/mol. The van der Waals surface area contributed by atoms with Crippen LogP contribution in [-0.4, -0.2) is 27.8 Å². The number of anilines is 1. The molecular formula is C23H21N3O3S2. The predicted octanol–water partition coefficient (Wildman–Crippen LogP) is 4.89. The first kappa shape index (κ1) is 21.1. The van der Waals surface area contributed by atoms with Gasteiger partial charge in [-0.1, -0.05) is 30.0 Å². The first-order valence-corrected chi connectivity index (χ1v) is 11.6. The molecule has 0 atom stereocenters. The molecule has 0 aliphatic carbocycles. The first-order chi connectivity index (χ1) is 15.0. The molecule has 0 unspecified atom stereocenters. The summed E-state index contributed by atoms with van der Waals surface area (Å²) >= 11 is 2.72. The van der Waals surface area contributed by atoms with Crippen molar-refractivity contribution in [3.63, 3.8) is 0 Å². The summed E-state index contributed by atoms with van der Waals surface area (Å²) in [5.74, 6) is 0.707. The van der Waals surface area contributed by atoms with Gasteiger partial charge in [0.1, 0.15) is 10.6 Å². The molecule has 158 valence electrons. The van der Waals surface area contributed by atoms with Gasteiger partial charge in [0.15, 0.2) is 5.16 Å². The molecule has 6 nitrogen and oxygen atoms in total. The molecule has 0 bridgehead atoms. The molecule has 0 saturated carbocycles. The summed E-state index contributed by atoms with van der Waals surface area (Å²) in [6.45, 7) is 4.47. The Bertz CT molecular complexity index is 1270. The van der Waals surface area contributed by atoms with E-state index in [0.717, 1.165) is 16.3 Å². The van der Waals surface area contributed by atoms with E-state index in [4.69, 9.17) is 9.72 Å². The lowest BCUT2D eigenvalue weighted by Crippen LogP contribution is -2.22. The second kappa shape index (κ2) is 9.36. The maximum atomic E-state index is 13.2. The van der Waals surface area contributed by atoms with Crippen LogP contribution < -0.4 is 15.6 Å². The fourth-order valence-corrected chi connectivity index (χ4v) is 4.85. The van der Waals surface area contributed by atoms with Crippen LogP contribution in [0.5, 0.6) is 5.75 Å². The average Bonchev–Trinajstić information content (AvgIpc) is 3.15. The molecule has 0 aliphatic heterocycles. The van der Waals surface area contributed by atoms with Crippen molar-refractivity contribution in [2.75, 3.05) is 17.7 Å². The van der Waals surface area contributed by atoms with E-state index >= 15 is 0 Å². The number of carbonyl (C=O) groups excluding carboxylic acids is 1. The smallest absolute Gasteiger partial charge is 0.267 e. The van der Waals surface area contributed by atoms with Gasteiger partial charge in [-0.25, -0.2) is 4.98 Å². The Labute approximate surface area is 187 Å². The van der Waals surface area contributed by atoms with Gasteiger partial charge in [-0.15, -0.1) is 11.3 Å². The highest BCUT2D eigenvalue weighted by atomic mass is 32.2. The van der Waals surface area contributed by atoms with E-state index in [1.54, 1.807) is 16.7 Å². The monoisotopic (exact) mass is 451 g/mol. The van der Waals surface area contributed by atoms with Crippen molar-refractivity contribution in [2.24, 2.45) is 0 Å². The van der Waals surface area contributed by atoms with Crippen LogP contribution in [0.15, 0.2) is 70.6 Å². The van der Waals surface area contributed by atoms with Crippen LogP contribution in [0, 0.1) is 6.92 Å². The van der Waals surface area contributed by atoms with Gasteiger partial charge in [0.05, 0.1) is 23.4 Å². The van der Waals surface area contributed by atoms with Crippen molar-refractivity contribution >= 4 is 44.9 Å². The van der Waals surface area contributed by atoms with Crippen LogP contribution in [0.3, 0.4) is 0 Å². The summed E-state index contributed by atoms with van der Waals surface area (Å²) in [7, 11) is 0. The number of hydrogen-bond donors (Lipinski definition) is 1. The molecular weight excluding hydrogens is 430 g/mol. The summed E-state index contributed by atoms with van der Waals surface area (Å²) in [6.07, 6.45) is 0. The zero-order chi connectivity index (χ0) is 21.8. The van der Waals surface area contributed by atoms with Crippen LogP contribution in [0.25, 0.3) is 15.9 Å². The van der Waals surface area contributed by atoms with Crippen molar-refractivity contribution < 1.29 is 9.53 Å². The van der Waals surface area contributed by atoms with E-state index in [-0.39, 0.29) is 17.2 Å². The van der Waals surface area contributed by atoms with Crippen molar-refractivity contribution in [1.82, 2.24) is 9.55 Å². The number of hydrogen-bond acceptors (Lipinski definition) is 6. The molecule has 0 fully saturated rings. The number of thioether (sulfide) groups is 1. The minimum Gasteiger partial charge on any atom is -0.494 e. The third-order valence-electron chi connectivity index (χ3n) is 4.45. The number of carbonyl (C=O) groups is 1. The van der Waals surface area contributed by atoms with Crippen LogP contribution in [0.4, 0.5) is 5.69 Å². The maximum absolute atomic E-state index is 13.2. The molecule has 2 heterocycles. The Morgan fingerprint density at radius 2 is 1.90 bits per heavy atom. The first-order valence-electron chi connectivity index (χ1n) is 9.79. The molecule has 2 aromatic carbocycles. The Kier molecular flexibility index (Phi) is 6.39. The summed E-state index contributed by atoms with van der Waals surface area (Å²) in [6, 6.07) is 18.4. The van der Waals surface area contributed by atoms with Crippen molar-refractivity contribution in [3.8, 4) is 11.4 Å². The molecule has 4 aromatic rings. The molecule has 0 radical (unpaired) electrons. The second-order valence-corrected chi connectivity index (χ2v) is 8.92. The van der Waals surface area contributed by atoms with Crippen molar-refractivity contribution in [2.45, 2.75) is 19.0 Å². The SMILES string of the molecule is CCOc1ccc(NC(=O)CSc2nc3sc(C)cc3c(=O)n2-c2ccccc2)cc1. The molecule has 2 aromatic heterocycles. The lowest BCUT2D eigenvalue weighted by molar-refractivity contribution is -0.113. The Morgan fingerprint density at radius 3 is 2.61 bits per heavy atom. The van der Waals surface area contributed by atoms with Gasteiger partial charge in [0.25, 0.3) is 5.56 Å². The fourth-order valence-electron chi connectivity index (χ4n) is 3.11. The van der Waals surface area contributed by atoms with E-state index in [9.17, 15) is 9.59 Å². The van der Waals surface area contributed by atoms with E-state index < -0.39 is 0 Å². The van der Waals surface area contributed by atoms with Crippen molar-refractivity contribution in [1.29, 1.82) is 0 Å². The number of rotatable bonds is 7. The van der Waals surface area contributed by atoms with Gasteiger partial charge in [0, 0.05) is 10.6 Å². The van der Waals surface area contributed by atoms with Gasteiger partial charge in [-0.2, -0.15) is 0 Å². The molecule has 1 N–H and O–H groups in total. The molecule has 8 heteroatoms. The highest BCUT2D eigenvalue weighted by Crippen LogP contribution is 2.26. The highest BCUT2D eigenvalue weighted by Gasteiger charge is 2.16. The van der Waals surface area contributed by atoms with Crippen LogP contribution >= 0.6 is 23.1 Å². The minimum absolute atomic E-state index is 0.127. The lowest BCUT2D eigenvalue weighted by atomic mass is 10.3. The summed E-state index contributed by atoms with van der Waals surface area (Å²) in [5, 5.41) is 3.95. The topological polar surface area (TPSA) is 73.2 Å².